The second-order valence-corrected chi connectivity index (χ2v) is 6.20. The Morgan fingerprint density at radius 2 is 2.05 bits per heavy atom. The van der Waals surface area contributed by atoms with Crippen LogP contribution in [0.25, 0.3) is 0 Å². The molecule has 0 amide bonds. The van der Waals surface area contributed by atoms with Crippen LogP contribution in [-0.2, 0) is 9.47 Å². The van der Waals surface area contributed by atoms with Crippen molar-refractivity contribution in [1.29, 1.82) is 0 Å². The molecule has 4 heterocycles. The molecule has 1 aromatic heterocycles. The first kappa shape index (κ1) is 14.0. The largest absolute Gasteiger partial charge is 0.461 e. The van der Waals surface area contributed by atoms with Crippen molar-refractivity contribution in [2.45, 2.75) is 37.9 Å². The van der Waals surface area contributed by atoms with E-state index in [1.807, 2.05) is 0 Å². The molecule has 0 aromatic carbocycles. The number of piperazine rings is 1. The Hall–Kier alpha value is -1.60. The fourth-order valence-electron chi connectivity index (χ4n) is 3.82. The molecule has 22 heavy (non-hydrogen) atoms. The van der Waals surface area contributed by atoms with Crippen LogP contribution in [0.15, 0.2) is 10.6 Å². The van der Waals surface area contributed by atoms with Gasteiger partial charge in [-0.05, 0) is 19.8 Å². The standard InChI is InChI=1S/C15H21N3O4/c1-2-21-15(19)13-5-14(22-16-13)17-6-10-3-4-11(7-17)18(10)12-8-20-9-12/h5,10-12H,2-4,6-9H2,1H3. The van der Waals surface area contributed by atoms with Gasteiger partial charge in [-0.25, -0.2) is 4.79 Å². The number of nitrogens with zero attached hydrogens (tertiary/aromatic N) is 3. The number of fused-ring (bicyclic) bond motifs is 2. The second-order valence-electron chi connectivity index (χ2n) is 6.20. The SMILES string of the molecule is CCOC(=O)c1cc(N2CC3CCC(C2)N3C2COC2)on1. The van der Waals surface area contributed by atoms with Crippen LogP contribution in [0.2, 0.25) is 0 Å². The summed E-state index contributed by atoms with van der Waals surface area (Å²) in [6, 6.07) is 3.37. The Morgan fingerprint density at radius 1 is 1.32 bits per heavy atom. The molecule has 1 aromatic rings. The number of rotatable bonds is 4. The van der Waals surface area contributed by atoms with E-state index in [1.54, 1.807) is 13.0 Å². The Labute approximate surface area is 129 Å². The number of ether oxygens (including phenoxy) is 2. The number of hydrogen-bond donors (Lipinski definition) is 0. The van der Waals surface area contributed by atoms with Crippen molar-refractivity contribution in [3.63, 3.8) is 0 Å². The quantitative estimate of drug-likeness (QED) is 0.766. The smallest absolute Gasteiger partial charge is 0.360 e. The van der Waals surface area contributed by atoms with Crippen LogP contribution >= 0.6 is 0 Å². The molecule has 120 valence electrons. The van der Waals surface area contributed by atoms with Crippen molar-refractivity contribution in [2.75, 3.05) is 37.8 Å². The minimum absolute atomic E-state index is 0.249. The molecule has 4 rings (SSSR count). The van der Waals surface area contributed by atoms with Gasteiger partial charge in [0.15, 0.2) is 5.69 Å². The van der Waals surface area contributed by atoms with Crippen molar-refractivity contribution in [2.24, 2.45) is 0 Å². The number of anilines is 1. The highest BCUT2D eigenvalue weighted by Gasteiger charge is 2.45. The first-order chi connectivity index (χ1) is 10.8. The van der Waals surface area contributed by atoms with Crippen LogP contribution in [0.3, 0.4) is 0 Å². The van der Waals surface area contributed by atoms with E-state index >= 15 is 0 Å². The summed E-state index contributed by atoms with van der Waals surface area (Å²) in [6.45, 7) is 5.69. The Bertz CT molecular complexity index is 543. The van der Waals surface area contributed by atoms with E-state index in [1.165, 1.54) is 12.8 Å². The lowest BCUT2D eigenvalue weighted by Crippen LogP contribution is -2.62. The summed E-state index contributed by atoms with van der Waals surface area (Å²) in [5.74, 6) is 0.246. The van der Waals surface area contributed by atoms with Gasteiger partial charge in [0.1, 0.15) is 0 Å². The number of aromatic nitrogens is 1. The molecule has 3 aliphatic rings. The van der Waals surface area contributed by atoms with E-state index in [2.05, 4.69) is 15.0 Å². The third-order valence-corrected chi connectivity index (χ3v) is 4.87. The monoisotopic (exact) mass is 307 g/mol. The average molecular weight is 307 g/mol. The minimum atomic E-state index is -0.425. The lowest BCUT2D eigenvalue weighted by Gasteiger charge is -2.47. The van der Waals surface area contributed by atoms with E-state index in [9.17, 15) is 4.79 Å². The number of hydrogen-bond acceptors (Lipinski definition) is 7. The maximum absolute atomic E-state index is 11.7. The summed E-state index contributed by atoms with van der Waals surface area (Å²) >= 11 is 0. The van der Waals surface area contributed by atoms with Gasteiger partial charge in [-0.15, -0.1) is 0 Å². The molecule has 3 saturated heterocycles. The summed E-state index contributed by atoms with van der Waals surface area (Å²) in [5.41, 5.74) is 0.249. The van der Waals surface area contributed by atoms with Crippen LogP contribution < -0.4 is 4.90 Å². The van der Waals surface area contributed by atoms with Crippen molar-refractivity contribution in [3.05, 3.63) is 11.8 Å². The Morgan fingerprint density at radius 3 is 2.64 bits per heavy atom. The van der Waals surface area contributed by atoms with Crippen LogP contribution in [0.4, 0.5) is 5.88 Å². The molecule has 7 nitrogen and oxygen atoms in total. The molecule has 0 spiro atoms. The zero-order valence-corrected chi connectivity index (χ0v) is 12.7. The lowest BCUT2D eigenvalue weighted by molar-refractivity contribution is -0.0852. The fraction of sp³-hybridized carbons (Fsp3) is 0.733. The second kappa shape index (κ2) is 5.55. The minimum Gasteiger partial charge on any atom is -0.461 e. The summed E-state index contributed by atoms with van der Waals surface area (Å²) in [5, 5.41) is 3.84. The molecule has 0 aliphatic carbocycles. The normalized spacial score (nSPS) is 28.7. The highest BCUT2D eigenvalue weighted by molar-refractivity contribution is 5.87. The molecule has 2 unspecified atom stereocenters. The van der Waals surface area contributed by atoms with Crippen molar-refractivity contribution in [3.8, 4) is 0 Å². The number of esters is 1. The fourth-order valence-corrected chi connectivity index (χ4v) is 3.82. The van der Waals surface area contributed by atoms with Gasteiger partial charge in [0.25, 0.3) is 0 Å². The topological polar surface area (TPSA) is 68.0 Å². The summed E-state index contributed by atoms with van der Waals surface area (Å²) in [4.78, 5) is 16.5. The van der Waals surface area contributed by atoms with Gasteiger partial charge >= 0.3 is 5.97 Å². The van der Waals surface area contributed by atoms with Gasteiger partial charge in [-0.2, -0.15) is 0 Å². The molecule has 3 fully saturated rings. The van der Waals surface area contributed by atoms with E-state index < -0.39 is 5.97 Å². The molecule has 2 bridgehead atoms. The highest BCUT2D eigenvalue weighted by atomic mass is 16.5. The molecule has 0 N–H and O–H groups in total. The van der Waals surface area contributed by atoms with Gasteiger partial charge in [-0.1, -0.05) is 5.16 Å². The van der Waals surface area contributed by atoms with Crippen molar-refractivity contribution < 1.29 is 18.8 Å². The van der Waals surface area contributed by atoms with Crippen LogP contribution in [0.5, 0.6) is 0 Å². The predicted octanol–water partition coefficient (Wildman–Crippen LogP) is 0.903. The summed E-state index contributed by atoms with van der Waals surface area (Å²) < 4.78 is 15.7. The molecular weight excluding hydrogens is 286 g/mol. The maximum Gasteiger partial charge on any atom is 0.360 e. The summed E-state index contributed by atoms with van der Waals surface area (Å²) in [6.07, 6.45) is 2.44. The van der Waals surface area contributed by atoms with E-state index in [0.717, 1.165) is 26.3 Å². The molecular formula is C15H21N3O4. The van der Waals surface area contributed by atoms with Gasteiger partial charge in [0.05, 0.1) is 25.9 Å². The van der Waals surface area contributed by atoms with E-state index in [4.69, 9.17) is 14.0 Å². The molecule has 3 aliphatic heterocycles. The highest BCUT2D eigenvalue weighted by Crippen LogP contribution is 2.35. The number of carbonyl (C=O) groups excluding carboxylic acids is 1. The zero-order chi connectivity index (χ0) is 15.1. The third kappa shape index (κ3) is 2.28. The van der Waals surface area contributed by atoms with Crippen molar-refractivity contribution >= 4 is 11.9 Å². The predicted molar refractivity (Wildman–Crippen MR) is 77.9 cm³/mol. The van der Waals surface area contributed by atoms with Gasteiger partial charge in [0, 0.05) is 31.2 Å². The Balaban J connectivity index is 1.45. The third-order valence-electron chi connectivity index (χ3n) is 4.87. The lowest BCUT2D eigenvalue weighted by atomic mass is 10.1. The van der Waals surface area contributed by atoms with E-state index in [-0.39, 0.29) is 5.69 Å². The van der Waals surface area contributed by atoms with Gasteiger partial charge in [-0.3, -0.25) is 4.90 Å². The molecule has 2 atom stereocenters. The molecule has 0 radical (unpaired) electrons. The molecule has 7 heteroatoms. The van der Waals surface area contributed by atoms with Gasteiger partial charge in [0.2, 0.25) is 5.88 Å². The first-order valence-corrected chi connectivity index (χ1v) is 8.00. The molecule has 0 saturated carbocycles. The van der Waals surface area contributed by atoms with Crippen molar-refractivity contribution in [1.82, 2.24) is 10.1 Å². The van der Waals surface area contributed by atoms with Crippen LogP contribution in [0.1, 0.15) is 30.3 Å². The van der Waals surface area contributed by atoms with Crippen LogP contribution in [0, 0.1) is 0 Å². The zero-order valence-electron chi connectivity index (χ0n) is 12.7. The maximum atomic E-state index is 11.7. The average Bonchev–Trinajstić information content (AvgIpc) is 3.02. The number of carbonyl (C=O) groups is 1. The summed E-state index contributed by atoms with van der Waals surface area (Å²) in [7, 11) is 0. The van der Waals surface area contributed by atoms with E-state index in [0.29, 0.717) is 30.6 Å². The Kier molecular flexibility index (Phi) is 3.54. The first-order valence-electron chi connectivity index (χ1n) is 8.00. The van der Waals surface area contributed by atoms with Gasteiger partial charge < -0.3 is 18.9 Å². The van der Waals surface area contributed by atoms with Crippen LogP contribution in [-0.4, -0.2) is 67.1 Å².